The zero-order valence-corrected chi connectivity index (χ0v) is 17.2. The van der Waals surface area contributed by atoms with Crippen molar-refractivity contribution in [2.75, 3.05) is 26.2 Å². The van der Waals surface area contributed by atoms with Crippen molar-refractivity contribution in [3.05, 3.63) is 53.7 Å². The Morgan fingerprint density at radius 1 is 1.13 bits per heavy atom. The van der Waals surface area contributed by atoms with E-state index in [0.717, 1.165) is 48.4 Å². The lowest BCUT2D eigenvalue weighted by Gasteiger charge is -2.26. The zero-order chi connectivity index (χ0) is 20.3. The van der Waals surface area contributed by atoms with E-state index in [0.29, 0.717) is 12.3 Å². The summed E-state index contributed by atoms with van der Waals surface area (Å²) in [5.41, 5.74) is 2.21. The molecule has 1 aliphatic carbocycles. The van der Waals surface area contributed by atoms with Crippen molar-refractivity contribution in [1.82, 2.24) is 10.2 Å². The topological polar surface area (TPSA) is 67.8 Å². The molecule has 3 aromatic rings. The molecule has 3 heterocycles. The van der Waals surface area contributed by atoms with Crippen LogP contribution in [0.3, 0.4) is 0 Å². The van der Waals surface area contributed by atoms with Crippen LogP contribution in [0.5, 0.6) is 5.75 Å². The van der Waals surface area contributed by atoms with E-state index in [-0.39, 0.29) is 18.6 Å². The summed E-state index contributed by atoms with van der Waals surface area (Å²) in [6.07, 6.45) is 8.51. The summed E-state index contributed by atoms with van der Waals surface area (Å²) >= 11 is 0. The van der Waals surface area contributed by atoms with Crippen LogP contribution in [0.25, 0.3) is 11.0 Å². The number of nitrogens with zero attached hydrogens (tertiary/aromatic N) is 1. The first-order valence-electron chi connectivity index (χ1n) is 11.0. The molecule has 1 fully saturated rings. The number of rotatable bonds is 7. The van der Waals surface area contributed by atoms with Crippen LogP contribution in [0.15, 0.2) is 45.4 Å². The number of carbonyl (C=O) groups excluding carboxylic acids is 1. The van der Waals surface area contributed by atoms with Gasteiger partial charge in [-0.2, -0.15) is 0 Å². The van der Waals surface area contributed by atoms with Gasteiger partial charge < -0.3 is 18.9 Å². The highest BCUT2D eigenvalue weighted by molar-refractivity contribution is 5.84. The second-order valence-electron chi connectivity index (χ2n) is 8.24. The normalized spacial score (nSPS) is 17.7. The lowest BCUT2D eigenvalue weighted by atomic mass is 9.96. The molecule has 0 saturated carbocycles. The van der Waals surface area contributed by atoms with Gasteiger partial charge in [0.2, 0.25) is 0 Å². The molecule has 1 unspecified atom stereocenters. The molecular weight excluding hydrogens is 380 g/mol. The molecule has 1 saturated heterocycles. The first-order chi connectivity index (χ1) is 14.8. The third-order valence-corrected chi connectivity index (χ3v) is 6.24. The van der Waals surface area contributed by atoms with Crippen molar-refractivity contribution in [3.63, 3.8) is 0 Å². The average molecular weight is 408 g/mol. The highest BCUT2D eigenvalue weighted by Gasteiger charge is 2.26. The summed E-state index contributed by atoms with van der Waals surface area (Å²) in [7, 11) is 0. The molecule has 1 amide bonds. The standard InChI is InChI=1S/C24H28N2O4/c27-24(25-15-20(23-8-5-13-28-23)26-11-3-4-12-26)16-29-17-9-10-22-19(14-17)18-6-1-2-7-21(18)30-22/h5,8-10,13-14,20H,1-4,6-7,11-12,15-16H2,(H,25,27). The van der Waals surface area contributed by atoms with Crippen LogP contribution in [-0.4, -0.2) is 37.0 Å². The predicted molar refractivity (Wildman–Crippen MR) is 114 cm³/mol. The molecule has 1 aromatic carbocycles. The minimum absolute atomic E-state index is 0.00355. The molecule has 0 spiro atoms. The quantitative estimate of drug-likeness (QED) is 0.633. The minimum Gasteiger partial charge on any atom is -0.484 e. The van der Waals surface area contributed by atoms with E-state index in [4.69, 9.17) is 13.6 Å². The number of aryl methyl sites for hydroxylation is 2. The third kappa shape index (κ3) is 3.97. The summed E-state index contributed by atoms with van der Waals surface area (Å²) in [5, 5.41) is 4.14. The van der Waals surface area contributed by atoms with Crippen LogP contribution in [0.1, 0.15) is 48.8 Å². The fourth-order valence-corrected chi connectivity index (χ4v) is 4.69. The van der Waals surface area contributed by atoms with Crippen molar-refractivity contribution in [2.24, 2.45) is 0 Å². The first kappa shape index (κ1) is 19.2. The number of furan rings is 2. The number of hydrogen-bond acceptors (Lipinski definition) is 5. The summed E-state index contributed by atoms with van der Waals surface area (Å²) in [6, 6.07) is 9.77. The Bertz CT molecular complexity index is 1000. The first-order valence-corrected chi connectivity index (χ1v) is 11.0. The van der Waals surface area contributed by atoms with Gasteiger partial charge in [-0.05, 0) is 75.5 Å². The molecule has 30 heavy (non-hydrogen) atoms. The number of benzene rings is 1. The molecule has 1 aliphatic heterocycles. The number of ether oxygens (including phenoxy) is 1. The maximum atomic E-state index is 12.4. The number of hydrogen-bond donors (Lipinski definition) is 1. The van der Waals surface area contributed by atoms with Gasteiger partial charge in [0.05, 0.1) is 12.3 Å². The van der Waals surface area contributed by atoms with Crippen molar-refractivity contribution in [3.8, 4) is 5.75 Å². The summed E-state index contributed by atoms with van der Waals surface area (Å²) in [5.74, 6) is 2.58. The maximum absolute atomic E-state index is 12.4. The van der Waals surface area contributed by atoms with Crippen molar-refractivity contribution >= 4 is 16.9 Å². The highest BCUT2D eigenvalue weighted by atomic mass is 16.5. The van der Waals surface area contributed by atoms with Gasteiger partial charge in [-0.25, -0.2) is 0 Å². The van der Waals surface area contributed by atoms with Gasteiger partial charge >= 0.3 is 0 Å². The van der Waals surface area contributed by atoms with Crippen LogP contribution in [-0.2, 0) is 17.6 Å². The van der Waals surface area contributed by atoms with Crippen LogP contribution in [0.2, 0.25) is 0 Å². The van der Waals surface area contributed by atoms with Crippen molar-refractivity contribution in [1.29, 1.82) is 0 Å². The Labute approximate surface area is 176 Å². The highest BCUT2D eigenvalue weighted by Crippen LogP contribution is 2.34. The Hall–Kier alpha value is -2.73. The predicted octanol–water partition coefficient (Wildman–Crippen LogP) is 4.24. The Morgan fingerprint density at radius 2 is 2.00 bits per heavy atom. The van der Waals surface area contributed by atoms with E-state index in [1.807, 2.05) is 30.3 Å². The SMILES string of the molecule is O=C(COc1ccc2oc3c(c2c1)CCCC3)NCC(c1ccco1)N1CCCC1. The zero-order valence-electron chi connectivity index (χ0n) is 17.2. The van der Waals surface area contributed by atoms with E-state index < -0.39 is 0 Å². The van der Waals surface area contributed by atoms with Gasteiger partial charge in [-0.15, -0.1) is 0 Å². The van der Waals surface area contributed by atoms with Gasteiger partial charge in [-0.1, -0.05) is 0 Å². The monoisotopic (exact) mass is 408 g/mol. The molecular formula is C24H28N2O4. The largest absolute Gasteiger partial charge is 0.484 e. The van der Waals surface area contributed by atoms with Gasteiger partial charge in [-0.3, -0.25) is 9.69 Å². The minimum atomic E-state index is -0.125. The maximum Gasteiger partial charge on any atom is 0.258 e. The van der Waals surface area contributed by atoms with Gasteiger partial charge in [0.25, 0.3) is 5.91 Å². The third-order valence-electron chi connectivity index (χ3n) is 6.24. The number of carbonyl (C=O) groups is 1. The van der Waals surface area contributed by atoms with Crippen LogP contribution < -0.4 is 10.1 Å². The summed E-state index contributed by atoms with van der Waals surface area (Å²) in [6.45, 7) is 2.58. The Kier molecular flexibility index (Phi) is 5.49. The molecule has 1 N–H and O–H groups in total. The second kappa shape index (κ2) is 8.56. The van der Waals surface area contributed by atoms with E-state index in [1.165, 1.54) is 31.2 Å². The Balaban J connectivity index is 1.19. The van der Waals surface area contributed by atoms with E-state index >= 15 is 0 Å². The van der Waals surface area contributed by atoms with Gasteiger partial charge in [0, 0.05) is 23.9 Å². The van der Waals surface area contributed by atoms with Crippen LogP contribution >= 0.6 is 0 Å². The van der Waals surface area contributed by atoms with Crippen molar-refractivity contribution < 1.29 is 18.4 Å². The van der Waals surface area contributed by atoms with E-state index in [2.05, 4.69) is 10.2 Å². The smallest absolute Gasteiger partial charge is 0.258 e. The molecule has 6 nitrogen and oxygen atoms in total. The number of likely N-dealkylation sites (tertiary alicyclic amines) is 1. The van der Waals surface area contributed by atoms with E-state index in [9.17, 15) is 4.79 Å². The van der Waals surface area contributed by atoms with Gasteiger partial charge in [0.1, 0.15) is 22.9 Å². The van der Waals surface area contributed by atoms with Crippen LogP contribution in [0, 0.1) is 0 Å². The molecule has 5 rings (SSSR count). The van der Waals surface area contributed by atoms with Crippen LogP contribution in [0.4, 0.5) is 0 Å². The molecule has 158 valence electrons. The molecule has 6 heteroatoms. The summed E-state index contributed by atoms with van der Waals surface area (Å²) < 4.78 is 17.4. The summed E-state index contributed by atoms with van der Waals surface area (Å²) in [4.78, 5) is 14.8. The number of nitrogens with one attached hydrogen (secondary N) is 1. The second-order valence-corrected chi connectivity index (χ2v) is 8.24. The van der Waals surface area contributed by atoms with Gasteiger partial charge in [0.15, 0.2) is 6.61 Å². The fraction of sp³-hybridized carbons (Fsp3) is 0.458. The molecule has 1 atom stereocenters. The molecule has 2 aliphatic rings. The lowest BCUT2D eigenvalue weighted by molar-refractivity contribution is -0.123. The number of amides is 1. The number of fused-ring (bicyclic) bond motifs is 3. The molecule has 0 radical (unpaired) electrons. The lowest BCUT2D eigenvalue weighted by Crippen LogP contribution is -2.38. The molecule has 0 bridgehead atoms. The average Bonchev–Trinajstić information content (AvgIpc) is 3.53. The van der Waals surface area contributed by atoms with Crippen molar-refractivity contribution in [2.45, 2.75) is 44.6 Å². The Morgan fingerprint density at radius 3 is 2.83 bits per heavy atom. The fourth-order valence-electron chi connectivity index (χ4n) is 4.69. The van der Waals surface area contributed by atoms with E-state index in [1.54, 1.807) is 6.26 Å². The molecule has 2 aromatic heterocycles.